The van der Waals surface area contributed by atoms with E-state index >= 15 is 0 Å². The van der Waals surface area contributed by atoms with Crippen molar-refractivity contribution in [3.05, 3.63) is 40.2 Å². The minimum atomic E-state index is -1.09. The van der Waals surface area contributed by atoms with Crippen LogP contribution in [-0.4, -0.2) is 27.9 Å². The maximum Gasteiger partial charge on any atom is 0.356 e. The number of carbonyl (C=O) groups is 1. The molecule has 88 valence electrons. The molecule has 0 aliphatic heterocycles. The molecule has 1 N–H and O–H groups in total. The van der Waals surface area contributed by atoms with Crippen molar-refractivity contribution in [2.75, 3.05) is 6.61 Å². The summed E-state index contributed by atoms with van der Waals surface area (Å²) in [6, 6.07) is 6.90. The Hall–Kier alpha value is -1.95. The van der Waals surface area contributed by atoms with Gasteiger partial charge in [0.25, 0.3) is 0 Å². The highest BCUT2D eigenvalue weighted by Gasteiger charge is 2.05. The van der Waals surface area contributed by atoms with Gasteiger partial charge in [-0.05, 0) is 17.5 Å². The molecule has 0 aliphatic rings. The van der Waals surface area contributed by atoms with Crippen molar-refractivity contribution in [3.8, 4) is 5.88 Å². The van der Waals surface area contributed by atoms with E-state index in [9.17, 15) is 4.79 Å². The van der Waals surface area contributed by atoms with E-state index in [1.54, 1.807) is 11.3 Å². The SMILES string of the molecule is O=C(O)c1ccc(OCCc2cccs2)nn1. The molecule has 0 amide bonds. The first-order valence-electron chi connectivity index (χ1n) is 4.98. The van der Waals surface area contributed by atoms with E-state index in [1.165, 1.54) is 17.0 Å². The summed E-state index contributed by atoms with van der Waals surface area (Å²) >= 11 is 1.67. The standard InChI is InChI=1S/C11H10N2O3S/c14-11(15)9-3-4-10(13-12-9)16-6-5-8-2-1-7-17-8/h1-4,7H,5-6H2,(H,14,15). The van der Waals surface area contributed by atoms with Crippen LogP contribution in [0.1, 0.15) is 15.4 Å². The van der Waals surface area contributed by atoms with Gasteiger partial charge < -0.3 is 9.84 Å². The Morgan fingerprint density at radius 3 is 2.82 bits per heavy atom. The predicted octanol–water partition coefficient (Wildman–Crippen LogP) is 1.86. The number of nitrogens with zero attached hydrogens (tertiary/aromatic N) is 2. The largest absolute Gasteiger partial charge is 0.476 e. The predicted molar refractivity (Wildman–Crippen MR) is 62.5 cm³/mol. The number of hydrogen-bond donors (Lipinski definition) is 1. The number of aromatic nitrogens is 2. The number of hydrogen-bond acceptors (Lipinski definition) is 5. The summed E-state index contributed by atoms with van der Waals surface area (Å²) in [6.07, 6.45) is 0.806. The molecule has 0 aliphatic carbocycles. The Morgan fingerprint density at radius 1 is 1.35 bits per heavy atom. The van der Waals surface area contributed by atoms with Crippen LogP contribution in [0.25, 0.3) is 0 Å². The maximum absolute atomic E-state index is 10.5. The van der Waals surface area contributed by atoms with E-state index in [0.717, 1.165) is 6.42 Å². The van der Waals surface area contributed by atoms with Crippen molar-refractivity contribution in [2.45, 2.75) is 6.42 Å². The van der Waals surface area contributed by atoms with Crippen LogP contribution in [0.4, 0.5) is 0 Å². The molecule has 0 spiro atoms. The van der Waals surface area contributed by atoms with Gasteiger partial charge in [0.1, 0.15) is 0 Å². The minimum Gasteiger partial charge on any atom is -0.476 e. The molecule has 6 heteroatoms. The number of carboxylic acid groups (broad SMARTS) is 1. The van der Waals surface area contributed by atoms with Gasteiger partial charge in [-0.15, -0.1) is 21.5 Å². The molecule has 0 saturated heterocycles. The van der Waals surface area contributed by atoms with Gasteiger partial charge in [0.2, 0.25) is 5.88 Å². The summed E-state index contributed by atoms with van der Waals surface area (Å²) in [5.74, 6) is -0.755. The lowest BCUT2D eigenvalue weighted by Crippen LogP contribution is -2.05. The van der Waals surface area contributed by atoms with E-state index in [0.29, 0.717) is 12.5 Å². The fraction of sp³-hybridized carbons (Fsp3) is 0.182. The first kappa shape index (κ1) is 11.5. The zero-order valence-corrected chi connectivity index (χ0v) is 9.68. The molecule has 0 atom stereocenters. The van der Waals surface area contributed by atoms with Gasteiger partial charge in [-0.3, -0.25) is 0 Å². The fourth-order valence-electron chi connectivity index (χ4n) is 1.22. The summed E-state index contributed by atoms with van der Waals surface area (Å²) in [7, 11) is 0. The van der Waals surface area contributed by atoms with Gasteiger partial charge >= 0.3 is 5.97 Å². The van der Waals surface area contributed by atoms with Gasteiger partial charge in [0, 0.05) is 17.4 Å². The van der Waals surface area contributed by atoms with Crippen LogP contribution >= 0.6 is 11.3 Å². The van der Waals surface area contributed by atoms with Crippen molar-refractivity contribution in [1.29, 1.82) is 0 Å². The van der Waals surface area contributed by atoms with Crippen LogP contribution in [0.3, 0.4) is 0 Å². The van der Waals surface area contributed by atoms with Crippen molar-refractivity contribution in [3.63, 3.8) is 0 Å². The molecule has 2 aromatic rings. The molecule has 0 bridgehead atoms. The highest BCUT2D eigenvalue weighted by Crippen LogP contribution is 2.10. The van der Waals surface area contributed by atoms with Crippen LogP contribution in [0.15, 0.2) is 29.6 Å². The first-order chi connectivity index (χ1) is 8.25. The number of ether oxygens (including phenoxy) is 1. The average molecular weight is 250 g/mol. The molecule has 2 rings (SSSR count). The van der Waals surface area contributed by atoms with Crippen LogP contribution in [0.2, 0.25) is 0 Å². The normalized spacial score (nSPS) is 10.1. The second-order valence-electron chi connectivity index (χ2n) is 3.24. The molecule has 0 radical (unpaired) electrons. The van der Waals surface area contributed by atoms with E-state index in [2.05, 4.69) is 10.2 Å². The second-order valence-corrected chi connectivity index (χ2v) is 4.27. The Kier molecular flexibility index (Phi) is 3.66. The summed E-state index contributed by atoms with van der Waals surface area (Å²) in [6.45, 7) is 0.502. The van der Waals surface area contributed by atoms with Crippen molar-refractivity contribution in [2.24, 2.45) is 0 Å². The molecule has 17 heavy (non-hydrogen) atoms. The summed E-state index contributed by atoms with van der Waals surface area (Å²) < 4.78 is 5.35. The van der Waals surface area contributed by atoms with Gasteiger partial charge in [-0.2, -0.15) is 0 Å². The zero-order valence-electron chi connectivity index (χ0n) is 8.87. The monoisotopic (exact) mass is 250 g/mol. The first-order valence-corrected chi connectivity index (χ1v) is 5.86. The van der Waals surface area contributed by atoms with E-state index < -0.39 is 5.97 Å². The second kappa shape index (κ2) is 5.40. The number of aromatic carboxylic acids is 1. The molecule has 0 fully saturated rings. The number of thiophene rings is 1. The maximum atomic E-state index is 10.5. The van der Waals surface area contributed by atoms with Gasteiger partial charge in [0.05, 0.1) is 6.61 Å². The summed E-state index contributed by atoms with van der Waals surface area (Å²) in [5, 5.41) is 17.8. The van der Waals surface area contributed by atoms with Crippen LogP contribution < -0.4 is 4.74 Å². The van der Waals surface area contributed by atoms with E-state index in [-0.39, 0.29) is 5.69 Å². The Labute approximate surface area is 102 Å². The molecule has 0 unspecified atom stereocenters. The summed E-state index contributed by atoms with van der Waals surface area (Å²) in [4.78, 5) is 11.8. The Bertz CT molecular complexity index is 482. The van der Waals surface area contributed by atoms with Crippen molar-refractivity contribution < 1.29 is 14.6 Å². The van der Waals surface area contributed by atoms with Crippen LogP contribution in [0.5, 0.6) is 5.88 Å². The van der Waals surface area contributed by atoms with Crippen molar-refractivity contribution in [1.82, 2.24) is 10.2 Å². The third-order valence-electron chi connectivity index (χ3n) is 2.04. The van der Waals surface area contributed by atoms with Gasteiger partial charge in [0.15, 0.2) is 5.69 Å². The quantitative estimate of drug-likeness (QED) is 0.876. The van der Waals surface area contributed by atoms with Gasteiger partial charge in [-0.1, -0.05) is 6.07 Å². The molecule has 0 saturated carbocycles. The van der Waals surface area contributed by atoms with Crippen molar-refractivity contribution >= 4 is 17.3 Å². The summed E-state index contributed by atoms with van der Waals surface area (Å²) in [5.41, 5.74) is -0.0874. The van der Waals surface area contributed by atoms with E-state index in [1.807, 2.05) is 17.5 Å². The van der Waals surface area contributed by atoms with Crippen LogP contribution in [0, 0.1) is 0 Å². The average Bonchev–Trinajstić information content (AvgIpc) is 2.83. The lowest BCUT2D eigenvalue weighted by molar-refractivity contribution is 0.0689. The minimum absolute atomic E-state index is 0.0874. The Morgan fingerprint density at radius 2 is 2.24 bits per heavy atom. The molecular weight excluding hydrogens is 240 g/mol. The van der Waals surface area contributed by atoms with Crippen LogP contribution in [-0.2, 0) is 6.42 Å². The van der Waals surface area contributed by atoms with E-state index in [4.69, 9.17) is 9.84 Å². The highest BCUT2D eigenvalue weighted by molar-refractivity contribution is 7.09. The third kappa shape index (κ3) is 3.25. The topological polar surface area (TPSA) is 72.3 Å². The molecule has 5 nitrogen and oxygen atoms in total. The molecule has 0 aromatic carbocycles. The highest BCUT2D eigenvalue weighted by atomic mass is 32.1. The zero-order chi connectivity index (χ0) is 12.1. The molecule has 2 aromatic heterocycles. The van der Waals surface area contributed by atoms with Gasteiger partial charge in [-0.25, -0.2) is 4.79 Å². The molecular formula is C11H10N2O3S. The third-order valence-corrected chi connectivity index (χ3v) is 2.97. The molecule has 2 heterocycles. The lowest BCUT2D eigenvalue weighted by Gasteiger charge is -2.03. The fourth-order valence-corrected chi connectivity index (χ4v) is 1.91. The smallest absolute Gasteiger partial charge is 0.356 e. The lowest BCUT2D eigenvalue weighted by atomic mass is 10.3. The number of rotatable bonds is 5. The number of carboxylic acids is 1. The Balaban J connectivity index is 1.85.